The topological polar surface area (TPSA) is 151 Å². The standard InChI is InChI=1S/C14H18N6O3/c1-22-8-4-3-7(5-9(8)23-2)6-10(21)18-11-12(15)19-14(17)20-13(11)16/h3-5H,6H2,1-2H3,(H,18,21)(H6,15,16,17,19,20). The highest BCUT2D eigenvalue weighted by Gasteiger charge is 2.14. The fourth-order valence-corrected chi connectivity index (χ4v) is 2.00. The van der Waals surface area contributed by atoms with Gasteiger partial charge in [0, 0.05) is 0 Å². The zero-order valence-electron chi connectivity index (χ0n) is 12.8. The molecule has 0 spiro atoms. The van der Waals surface area contributed by atoms with Gasteiger partial charge in [0.2, 0.25) is 11.9 Å². The third kappa shape index (κ3) is 3.70. The second-order valence-electron chi connectivity index (χ2n) is 4.64. The van der Waals surface area contributed by atoms with Crippen molar-refractivity contribution >= 4 is 29.2 Å². The number of amides is 1. The average Bonchev–Trinajstić information content (AvgIpc) is 2.50. The molecule has 0 atom stereocenters. The summed E-state index contributed by atoms with van der Waals surface area (Å²) in [4.78, 5) is 19.7. The van der Waals surface area contributed by atoms with E-state index in [4.69, 9.17) is 26.7 Å². The van der Waals surface area contributed by atoms with Gasteiger partial charge in [-0.1, -0.05) is 6.07 Å². The van der Waals surface area contributed by atoms with E-state index >= 15 is 0 Å². The number of nitrogens with two attached hydrogens (primary N) is 3. The first-order valence-corrected chi connectivity index (χ1v) is 6.63. The lowest BCUT2D eigenvalue weighted by atomic mass is 10.1. The van der Waals surface area contributed by atoms with E-state index in [0.717, 1.165) is 5.56 Å². The average molecular weight is 318 g/mol. The van der Waals surface area contributed by atoms with Crippen molar-refractivity contribution in [3.8, 4) is 11.5 Å². The summed E-state index contributed by atoms with van der Waals surface area (Å²) in [7, 11) is 3.06. The summed E-state index contributed by atoms with van der Waals surface area (Å²) in [6, 6.07) is 5.19. The Labute approximate surface area is 132 Å². The Balaban J connectivity index is 2.14. The number of nitrogens with zero attached hydrogens (tertiary/aromatic N) is 2. The number of ether oxygens (including phenoxy) is 2. The second-order valence-corrected chi connectivity index (χ2v) is 4.64. The summed E-state index contributed by atoms with van der Waals surface area (Å²) in [6.07, 6.45) is 0.0869. The molecule has 0 aliphatic rings. The van der Waals surface area contributed by atoms with E-state index in [1.165, 1.54) is 14.2 Å². The number of carbonyl (C=O) groups is 1. The van der Waals surface area contributed by atoms with Crippen LogP contribution in [0.5, 0.6) is 11.5 Å². The molecule has 2 rings (SSSR count). The maximum atomic E-state index is 12.1. The minimum atomic E-state index is -0.330. The summed E-state index contributed by atoms with van der Waals surface area (Å²) >= 11 is 0. The SMILES string of the molecule is COc1ccc(CC(=O)Nc2c(N)nc(N)nc2N)cc1OC. The number of methoxy groups -OCH3 is 2. The molecular weight excluding hydrogens is 300 g/mol. The molecule has 0 radical (unpaired) electrons. The third-order valence-electron chi connectivity index (χ3n) is 3.06. The number of anilines is 4. The van der Waals surface area contributed by atoms with Crippen LogP contribution in [0.2, 0.25) is 0 Å². The van der Waals surface area contributed by atoms with Gasteiger partial charge in [-0.05, 0) is 17.7 Å². The molecule has 1 aromatic carbocycles. The number of carbonyl (C=O) groups excluding carboxylic acids is 1. The van der Waals surface area contributed by atoms with E-state index < -0.39 is 0 Å². The number of hydrogen-bond donors (Lipinski definition) is 4. The van der Waals surface area contributed by atoms with Crippen LogP contribution in [0.1, 0.15) is 5.56 Å². The molecule has 0 saturated heterocycles. The van der Waals surface area contributed by atoms with Crippen molar-refractivity contribution in [1.82, 2.24) is 9.97 Å². The summed E-state index contributed by atoms with van der Waals surface area (Å²) in [5.41, 5.74) is 17.7. The van der Waals surface area contributed by atoms with Gasteiger partial charge < -0.3 is 32.0 Å². The molecule has 0 aliphatic heterocycles. The van der Waals surface area contributed by atoms with Gasteiger partial charge in [0.25, 0.3) is 0 Å². The van der Waals surface area contributed by atoms with E-state index in [0.29, 0.717) is 11.5 Å². The number of aromatic nitrogens is 2. The normalized spacial score (nSPS) is 10.2. The first kappa shape index (κ1) is 16.1. The minimum absolute atomic E-state index is 0.00987. The van der Waals surface area contributed by atoms with Gasteiger partial charge >= 0.3 is 0 Å². The summed E-state index contributed by atoms with van der Waals surface area (Å²) in [6.45, 7) is 0. The molecule has 0 unspecified atom stereocenters. The third-order valence-corrected chi connectivity index (χ3v) is 3.06. The van der Waals surface area contributed by atoms with Crippen LogP contribution in [0.25, 0.3) is 0 Å². The fourth-order valence-electron chi connectivity index (χ4n) is 2.00. The molecule has 2 aromatic rings. The number of rotatable bonds is 5. The number of nitrogen functional groups attached to an aromatic ring is 3. The lowest BCUT2D eigenvalue weighted by Gasteiger charge is -2.11. The molecule has 122 valence electrons. The number of benzene rings is 1. The highest BCUT2D eigenvalue weighted by molar-refractivity contribution is 5.97. The van der Waals surface area contributed by atoms with Gasteiger partial charge in [-0.3, -0.25) is 4.79 Å². The Bertz CT molecular complexity index is 711. The van der Waals surface area contributed by atoms with Crippen LogP contribution in [0.3, 0.4) is 0 Å². The quantitative estimate of drug-likeness (QED) is 0.619. The Kier molecular flexibility index (Phi) is 4.69. The molecule has 1 heterocycles. The predicted molar refractivity (Wildman–Crippen MR) is 87.1 cm³/mol. The molecule has 0 aliphatic carbocycles. The maximum absolute atomic E-state index is 12.1. The van der Waals surface area contributed by atoms with E-state index in [1.807, 2.05) is 0 Å². The zero-order valence-corrected chi connectivity index (χ0v) is 12.8. The summed E-state index contributed by atoms with van der Waals surface area (Å²) < 4.78 is 10.3. The van der Waals surface area contributed by atoms with Crippen molar-refractivity contribution in [2.75, 3.05) is 36.7 Å². The van der Waals surface area contributed by atoms with Gasteiger partial charge in [-0.15, -0.1) is 0 Å². The molecule has 1 amide bonds. The molecular formula is C14H18N6O3. The van der Waals surface area contributed by atoms with E-state index in [9.17, 15) is 4.79 Å². The van der Waals surface area contributed by atoms with E-state index in [-0.39, 0.29) is 35.6 Å². The summed E-state index contributed by atoms with van der Waals surface area (Å²) in [5.74, 6) is 0.748. The van der Waals surface area contributed by atoms with Gasteiger partial charge in [0.1, 0.15) is 5.69 Å². The van der Waals surface area contributed by atoms with Crippen LogP contribution < -0.4 is 32.0 Å². The number of nitrogens with one attached hydrogen (secondary N) is 1. The molecule has 23 heavy (non-hydrogen) atoms. The Morgan fingerprint density at radius 1 is 1.09 bits per heavy atom. The molecule has 9 heteroatoms. The summed E-state index contributed by atoms with van der Waals surface area (Å²) in [5, 5.41) is 2.58. The fraction of sp³-hybridized carbons (Fsp3) is 0.214. The highest BCUT2D eigenvalue weighted by Crippen LogP contribution is 2.28. The van der Waals surface area contributed by atoms with Crippen LogP contribution in [0.15, 0.2) is 18.2 Å². The van der Waals surface area contributed by atoms with Crippen LogP contribution in [0.4, 0.5) is 23.3 Å². The van der Waals surface area contributed by atoms with Gasteiger partial charge in [0.05, 0.1) is 20.6 Å². The van der Waals surface area contributed by atoms with Crippen molar-refractivity contribution in [2.45, 2.75) is 6.42 Å². The monoisotopic (exact) mass is 318 g/mol. The Morgan fingerprint density at radius 2 is 1.70 bits per heavy atom. The van der Waals surface area contributed by atoms with Crippen LogP contribution in [0, 0.1) is 0 Å². The largest absolute Gasteiger partial charge is 0.493 e. The lowest BCUT2D eigenvalue weighted by Crippen LogP contribution is -2.18. The second kappa shape index (κ2) is 6.69. The predicted octanol–water partition coefficient (Wildman–Crippen LogP) is 0.422. The van der Waals surface area contributed by atoms with Crippen molar-refractivity contribution < 1.29 is 14.3 Å². The molecule has 0 fully saturated rings. The van der Waals surface area contributed by atoms with Crippen LogP contribution in [-0.4, -0.2) is 30.1 Å². The van der Waals surface area contributed by atoms with Crippen molar-refractivity contribution in [3.05, 3.63) is 23.8 Å². The highest BCUT2D eigenvalue weighted by atomic mass is 16.5. The molecule has 9 nitrogen and oxygen atoms in total. The van der Waals surface area contributed by atoms with Crippen LogP contribution in [-0.2, 0) is 11.2 Å². The first-order chi connectivity index (χ1) is 10.9. The zero-order chi connectivity index (χ0) is 17.0. The Morgan fingerprint density at radius 3 is 2.26 bits per heavy atom. The van der Waals surface area contributed by atoms with E-state index in [2.05, 4.69) is 15.3 Å². The van der Waals surface area contributed by atoms with Gasteiger partial charge in [-0.2, -0.15) is 9.97 Å². The maximum Gasteiger partial charge on any atom is 0.228 e. The number of hydrogen-bond acceptors (Lipinski definition) is 8. The molecule has 7 N–H and O–H groups in total. The lowest BCUT2D eigenvalue weighted by molar-refractivity contribution is -0.115. The molecule has 0 saturated carbocycles. The van der Waals surface area contributed by atoms with Gasteiger partial charge in [0.15, 0.2) is 23.1 Å². The van der Waals surface area contributed by atoms with Crippen molar-refractivity contribution in [2.24, 2.45) is 0 Å². The minimum Gasteiger partial charge on any atom is -0.493 e. The Hall–Kier alpha value is -3.23. The molecule has 0 bridgehead atoms. The van der Waals surface area contributed by atoms with Crippen molar-refractivity contribution in [3.63, 3.8) is 0 Å². The van der Waals surface area contributed by atoms with Gasteiger partial charge in [-0.25, -0.2) is 0 Å². The molecule has 1 aromatic heterocycles. The van der Waals surface area contributed by atoms with Crippen LogP contribution >= 0.6 is 0 Å². The van der Waals surface area contributed by atoms with E-state index in [1.54, 1.807) is 18.2 Å². The first-order valence-electron chi connectivity index (χ1n) is 6.63. The van der Waals surface area contributed by atoms with Crippen molar-refractivity contribution in [1.29, 1.82) is 0 Å². The smallest absolute Gasteiger partial charge is 0.228 e.